The van der Waals surface area contributed by atoms with Gasteiger partial charge in [0.05, 0.1) is 24.6 Å². The van der Waals surface area contributed by atoms with E-state index in [4.69, 9.17) is 10.5 Å². The Bertz CT molecular complexity index is 329. The largest absolute Gasteiger partial charge is 0.380 e. The molecule has 3 N–H and O–H groups in total. The van der Waals surface area contributed by atoms with Crippen molar-refractivity contribution in [2.75, 3.05) is 26.3 Å². The summed E-state index contributed by atoms with van der Waals surface area (Å²) in [5.74, 6) is 0. The molecule has 0 atom stereocenters. The fourth-order valence-electron chi connectivity index (χ4n) is 1.65. The highest BCUT2D eigenvalue weighted by atomic mass is 16.5. The van der Waals surface area contributed by atoms with E-state index >= 15 is 0 Å². The zero-order valence-electron chi connectivity index (χ0n) is 9.57. The fraction of sp³-hybridized carbons (Fsp3) is 0.636. The van der Waals surface area contributed by atoms with Gasteiger partial charge in [0, 0.05) is 37.4 Å². The third kappa shape index (κ3) is 2.55. The second-order valence-electron chi connectivity index (χ2n) is 4.45. The molecule has 0 unspecified atom stereocenters. The number of nitrogens with one attached hydrogen (secondary N) is 1. The van der Waals surface area contributed by atoms with Gasteiger partial charge in [-0.05, 0) is 6.92 Å². The van der Waals surface area contributed by atoms with E-state index in [0.29, 0.717) is 6.54 Å². The van der Waals surface area contributed by atoms with E-state index in [2.05, 4.69) is 15.3 Å². The summed E-state index contributed by atoms with van der Waals surface area (Å²) in [6, 6.07) is 0. The molecule has 0 aliphatic carbocycles. The molecule has 0 radical (unpaired) electrons. The SMILES string of the molecule is Cc1cnc(CNCC2(CN)COC2)cn1. The Kier molecular flexibility index (Phi) is 3.48. The van der Waals surface area contributed by atoms with Crippen molar-refractivity contribution in [1.29, 1.82) is 0 Å². The predicted molar refractivity (Wildman–Crippen MR) is 60.8 cm³/mol. The van der Waals surface area contributed by atoms with Crippen molar-refractivity contribution in [3.05, 3.63) is 23.8 Å². The smallest absolute Gasteiger partial charge is 0.0724 e. The van der Waals surface area contributed by atoms with Gasteiger partial charge < -0.3 is 15.8 Å². The lowest BCUT2D eigenvalue weighted by Gasteiger charge is -2.40. The third-order valence-corrected chi connectivity index (χ3v) is 2.89. The van der Waals surface area contributed by atoms with Gasteiger partial charge in [0.25, 0.3) is 0 Å². The first kappa shape index (κ1) is 11.4. The van der Waals surface area contributed by atoms with Crippen LogP contribution in [0.15, 0.2) is 12.4 Å². The minimum absolute atomic E-state index is 0.137. The third-order valence-electron chi connectivity index (χ3n) is 2.89. The topological polar surface area (TPSA) is 73.1 Å². The molecule has 1 aliphatic heterocycles. The van der Waals surface area contributed by atoms with Crippen LogP contribution in [-0.2, 0) is 11.3 Å². The average molecular weight is 222 g/mol. The second-order valence-corrected chi connectivity index (χ2v) is 4.45. The maximum Gasteiger partial charge on any atom is 0.0724 e. The van der Waals surface area contributed by atoms with E-state index in [-0.39, 0.29) is 5.41 Å². The Morgan fingerprint density at radius 3 is 2.75 bits per heavy atom. The molecule has 1 aromatic rings. The molecule has 1 aromatic heterocycles. The standard InChI is InChI=1S/C11H18N4O/c1-9-2-15-10(4-14-9)3-13-6-11(5-12)7-16-8-11/h2,4,13H,3,5-8,12H2,1H3. The molecule has 0 spiro atoms. The number of ether oxygens (including phenoxy) is 1. The number of hydrogen-bond acceptors (Lipinski definition) is 5. The van der Waals surface area contributed by atoms with E-state index in [1.807, 2.05) is 6.92 Å². The van der Waals surface area contributed by atoms with Crippen molar-refractivity contribution in [3.63, 3.8) is 0 Å². The molecule has 1 aliphatic rings. The van der Waals surface area contributed by atoms with Crippen LogP contribution in [0.2, 0.25) is 0 Å². The summed E-state index contributed by atoms with van der Waals surface area (Å²) in [4.78, 5) is 8.48. The zero-order chi connectivity index (χ0) is 11.4. The zero-order valence-corrected chi connectivity index (χ0v) is 9.57. The predicted octanol–water partition coefficient (Wildman–Crippen LogP) is -0.150. The summed E-state index contributed by atoms with van der Waals surface area (Å²) in [7, 11) is 0. The molecule has 16 heavy (non-hydrogen) atoms. The van der Waals surface area contributed by atoms with Gasteiger partial charge in [-0.15, -0.1) is 0 Å². The second kappa shape index (κ2) is 4.86. The molecule has 0 amide bonds. The highest BCUT2D eigenvalue weighted by molar-refractivity contribution is 5.00. The van der Waals surface area contributed by atoms with Crippen molar-refractivity contribution < 1.29 is 4.74 Å². The molecule has 2 rings (SSSR count). The molecule has 0 saturated carbocycles. The van der Waals surface area contributed by atoms with Crippen molar-refractivity contribution in [2.45, 2.75) is 13.5 Å². The lowest BCUT2D eigenvalue weighted by molar-refractivity contribution is -0.105. The molecule has 1 saturated heterocycles. The van der Waals surface area contributed by atoms with Crippen LogP contribution in [0.25, 0.3) is 0 Å². The highest BCUT2D eigenvalue weighted by Gasteiger charge is 2.36. The summed E-state index contributed by atoms with van der Waals surface area (Å²) in [6.45, 7) is 5.72. The Balaban J connectivity index is 1.77. The van der Waals surface area contributed by atoms with E-state index in [1.54, 1.807) is 12.4 Å². The minimum Gasteiger partial charge on any atom is -0.380 e. The molecule has 1 fully saturated rings. The van der Waals surface area contributed by atoms with Gasteiger partial charge in [0.15, 0.2) is 0 Å². The normalized spacial score (nSPS) is 18.1. The van der Waals surface area contributed by atoms with Crippen LogP contribution >= 0.6 is 0 Å². The summed E-state index contributed by atoms with van der Waals surface area (Å²) < 4.78 is 5.20. The maximum absolute atomic E-state index is 5.72. The molecule has 0 aromatic carbocycles. The van der Waals surface area contributed by atoms with Crippen LogP contribution in [0.3, 0.4) is 0 Å². The highest BCUT2D eigenvalue weighted by Crippen LogP contribution is 2.24. The molecule has 5 nitrogen and oxygen atoms in total. The monoisotopic (exact) mass is 222 g/mol. The average Bonchev–Trinajstić information content (AvgIpc) is 2.25. The van der Waals surface area contributed by atoms with Crippen molar-refractivity contribution in [2.24, 2.45) is 11.1 Å². The Labute approximate surface area is 95.4 Å². The van der Waals surface area contributed by atoms with E-state index in [1.165, 1.54) is 0 Å². The number of nitrogens with zero attached hydrogens (tertiary/aromatic N) is 2. The molecular weight excluding hydrogens is 204 g/mol. The van der Waals surface area contributed by atoms with Gasteiger partial charge in [-0.1, -0.05) is 0 Å². The Hall–Kier alpha value is -1.04. The Morgan fingerprint density at radius 2 is 2.25 bits per heavy atom. The van der Waals surface area contributed by atoms with Gasteiger partial charge >= 0.3 is 0 Å². The lowest BCUT2D eigenvalue weighted by atomic mass is 9.86. The van der Waals surface area contributed by atoms with Crippen LogP contribution in [0.1, 0.15) is 11.4 Å². The van der Waals surface area contributed by atoms with E-state index in [0.717, 1.165) is 37.7 Å². The first-order valence-electron chi connectivity index (χ1n) is 5.50. The molecule has 0 bridgehead atoms. The number of aromatic nitrogens is 2. The van der Waals surface area contributed by atoms with Crippen LogP contribution in [0.5, 0.6) is 0 Å². The quantitative estimate of drug-likeness (QED) is 0.725. The first-order valence-corrected chi connectivity index (χ1v) is 5.50. The van der Waals surface area contributed by atoms with Gasteiger partial charge in [-0.25, -0.2) is 0 Å². The summed E-state index contributed by atoms with van der Waals surface area (Å²) in [6.07, 6.45) is 3.58. The number of nitrogens with two attached hydrogens (primary N) is 1. The maximum atomic E-state index is 5.72. The molecular formula is C11H18N4O. The minimum atomic E-state index is 0.137. The number of rotatable bonds is 5. The lowest BCUT2D eigenvalue weighted by Crippen LogP contribution is -2.54. The van der Waals surface area contributed by atoms with Crippen molar-refractivity contribution >= 4 is 0 Å². The molecule has 2 heterocycles. The van der Waals surface area contributed by atoms with Gasteiger partial charge in [0.1, 0.15) is 0 Å². The summed E-state index contributed by atoms with van der Waals surface area (Å²) >= 11 is 0. The summed E-state index contributed by atoms with van der Waals surface area (Å²) in [5.41, 5.74) is 7.75. The number of hydrogen-bond donors (Lipinski definition) is 2. The van der Waals surface area contributed by atoms with Crippen molar-refractivity contribution in [1.82, 2.24) is 15.3 Å². The molecule has 5 heteroatoms. The van der Waals surface area contributed by atoms with Crippen LogP contribution in [0, 0.1) is 12.3 Å². The van der Waals surface area contributed by atoms with Crippen LogP contribution < -0.4 is 11.1 Å². The van der Waals surface area contributed by atoms with Crippen LogP contribution in [-0.4, -0.2) is 36.3 Å². The van der Waals surface area contributed by atoms with Crippen LogP contribution in [0.4, 0.5) is 0 Å². The first-order chi connectivity index (χ1) is 7.74. The Morgan fingerprint density at radius 1 is 1.44 bits per heavy atom. The van der Waals surface area contributed by atoms with Gasteiger partial charge in [-0.2, -0.15) is 0 Å². The fourth-order valence-corrected chi connectivity index (χ4v) is 1.65. The number of aryl methyl sites for hydroxylation is 1. The van der Waals surface area contributed by atoms with Crippen molar-refractivity contribution in [3.8, 4) is 0 Å². The van der Waals surface area contributed by atoms with E-state index in [9.17, 15) is 0 Å². The van der Waals surface area contributed by atoms with Gasteiger partial charge in [0.2, 0.25) is 0 Å². The summed E-state index contributed by atoms with van der Waals surface area (Å²) in [5, 5.41) is 3.35. The van der Waals surface area contributed by atoms with Gasteiger partial charge in [-0.3, -0.25) is 9.97 Å². The molecule has 88 valence electrons. The van der Waals surface area contributed by atoms with E-state index < -0.39 is 0 Å².